The van der Waals surface area contributed by atoms with Crippen LogP contribution < -0.4 is 15.1 Å². The molecule has 0 atom stereocenters. The van der Waals surface area contributed by atoms with Crippen molar-refractivity contribution in [1.29, 1.82) is 0 Å². The van der Waals surface area contributed by atoms with E-state index in [1.807, 2.05) is 26.8 Å². The number of carbonyl (C=O) groups excluding carboxylic acids is 2. The third-order valence-corrected chi connectivity index (χ3v) is 7.13. The molecule has 0 radical (unpaired) electrons. The third-order valence-electron chi connectivity index (χ3n) is 5.98. The molecule has 1 N–H and O–H groups in total. The highest BCUT2D eigenvalue weighted by atomic mass is 32.1. The van der Waals surface area contributed by atoms with Crippen LogP contribution in [-0.4, -0.2) is 84.1 Å². The zero-order chi connectivity index (χ0) is 28.7. The first kappa shape index (κ1) is 29.4. The maximum Gasteiger partial charge on any atom is 0.415 e. The quantitative estimate of drug-likeness (QED) is 0.272. The lowest BCUT2D eigenvalue weighted by molar-refractivity contribution is -0.143. The Morgan fingerprint density at radius 3 is 2.52 bits per heavy atom. The van der Waals surface area contributed by atoms with Crippen LogP contribution in [0.1, 0.15) is 47.0 Å². The third kappa shape index (κ3) is 7.54. The number of nitrogens with zero attached hydrogens (tertiary/aromatic N) is 6. The minimum Gasteiger partial charge on any atom is -0.466 e. The molecule has 40 heavy (non-hydrogen) atoms. The van der Waals surface area contributed by atoms with E-state index < -0.39 is 11.7 Å². The summed E-state index contributed by atoms with van der Waals surface area (Å²) in [5.74, 6) is 1.55. The van der Waals surface area contributed by atoms with Gasteiger partial charge in [-0.3, -0.25) is 9.69 Å². The molecular formula is C27H37N7O5S. The number of amides is 1. The number of thiophene rings is 1. The lowest BCUT2D eigenvalue weighted by Crippen LogP contribution is -2.37. The predicted molar refractivity (Wildman–Crippen MR) is 155 cm³/mol. The molecule has 216 valence electrons. The molecule has 1 aliphatic heterocycles. The van der Waals surface area contributed by atoms with Gasteiger partial charge in [-0.05, 0) is 46.6 Å². The van der Waals surface area contributed by atoms with Crippen LogP contribution >= 0.6 is 11.3 Å². The Hall–Kier alpha value is -3.58. The summed E-state index contributed by atoms with van der Waals surface area (Å²) in [5.41, 5.74) is 0.734. The van der Waals surface area contributed by atoms with Gasteiger partial charge in [0, 0.05) is 45.5 Å². The zero-order valence-corrected chi connectivity index (χ0v) is 24.5. The molecular weight excluding hydrogens is 534 g/mol. The van der Waals surface area contributed by atoms with Gasteiger partial charge in [-0.1, -0.05) is 0 Å². The molecule has 4 heterocycles. The number of hydrogen-bond acceptors (Lipinski definition) is 12. The molecule has 4 rings (SSSR count). The number of rotatable bonds is 10. The summed E-state index contributed by atoms with van der Waals surface area (Å²) in [7, 11) is 1.76. The minimum absolute atomic E-state index is 0.238. The number of hydrogen-bond donors (Lipinski definition) is 1. The average molecular weight is 572 g/mol. The minimum atomic E-state index is -0.664. The van der Waals surface area contributed by atoms with Crippen LogP contribution in [0, 0.1) is 0 Å². The van der Waals surface area contributed by atoms with Crippen LogP contribution in [0.5, 0.6) is 0 Å². The van der Waals surface area contributed by atoms with E-state index >= 15 is 0 Å². The summed E-state index contributed by atoms with van der Waals surface area (Å²) in [6.07, 6.45) is 4.42. The smallest absolute Gasteiger partial charge is 0.415 e. The summed E-state index contributed by atoms with van der Waals surface area (Å²) in [4.78, 5) is 47.3. The summed E-state index contributed by atoms with van der Waals surface area (Å²) in [6.45, 7) is 10.6. The van der Waals surface area contributed by atoms with E-state index in [0.29, 0.717) is 86.6 Å². The molecule has 1 amide bonds. The highest BCUT2D eigenvalue weighted by Gasteiger charge is 2.27. The van der Waals surface area contributed by atoms with E-state index in [-0.39, 0.29) is 5.97 Å². The number of fused-ring (bicyclic) bond motifs is 1. The second-order valence-electron chi connectivity index (χ2n) is 10.2. The van der Waals surface area contributed by atoms with Gasteiger partial charge in [0.15, 0.2) is 11.6 Å². The Morgan fingerprint density at radius 2 is 1.88 bits per heavy atom. The normalized spacial score (nSPS) is 13.8. The molecule has 0 aliphatic carbocycles. The number of anilines is 3. The monoisotopic (exact) mass is 571 g/mol. The molecule has 0 saturated carbocycles. The molecule has 0 unspecified atom stereocenters. The fourth-order valence-electron chi connectivity index (χ4n) is 4.11. The largest absolute Gasteiger partial charge is 0.466 e. The van der Waals surface area contributed by atoms with Crippen molar-refractivity contribution in [1.82, 2.24) is 19.9 Å². The highest BCUT2D eigenvalue weighted by Crippen LogP contribution is 2.39. The molecule has 12 nitrogen and oxygen atoms in total. The van der Waals surface area contributed by atoms with Gasteiger partial charge in [-0.15, -0.1) is 11.3 Å². The van der Waals surface area contributed by atoms with Gasteiger partial charge in [0.25, 0.3) is 0 Å². The second kappa shape index (κ2) is 13.2. The Balaban J connectivity index is 1.70. The van der Waals surface area contributed by atoms with Gasteiger partial charge >= 0.3 is 12.1 Å². The first-order valence-corrected chi connectivity index (χ1v) is 14.3. The number of esters is 1. The van der Waals surface area contributed by atoms with Crippen molar-refractivity contribution in [3.63, 3.8) is 0 Å². The number of carbonyl (C=O) groups is 2. The number of ether oxygens (including phenoxy) is 3. The van der Waals surface area contributed by atoms with Crippen molar-refractivity contribution in [2.45, 2.75) is 52.6 Å². The van der Waals surface area contributed by atoms with Crippen LogP contribution in [0.3, 0.4) is 0 Å². The van der Waals surface area contributed by atoms with E-state index in [4.69, 9.17) is 24.2 Å². The molecule has 13 heteroatoms. The predicted octanol–water partition coefficient (Wildman–Crippen LogP) is 4.50. The molecule has 1 fully saturated rings. The van der Waals surface area contributed by atoms with Gasteiger partial charge in [0.05, 0.1) is 35.6 Å². The topological polar surface area (TPSA) is 132 Å². The summed E-state index contributed by atoms with van der Waals surface area (Å²) < 4.78 is 17.2. The van der Waals surface area contributed by atoms with Gasteiger partial charge in [0.1, 0.15) is 10.6 Å². The Morgan fingerprint density at radius 1 is 1.15 bits per heavy atom. The molecule has 0 spiro atoms. The van der Waals surface area contributed by atoms with Crippen molar-refractivity contribution >= 4 is 50.4 Å². The number of aromatic nitrogens is 4. The molecule has 1 saturated heterocycles. The maximum atomic E-state index is 13.3. The van der Waals surface area contributed by atoms with E-state index in [1.54, 1.807) is 31.3 Å². The standard InChI is InChI=1S/C27H37N7O5S/c1-6-38-21(35)9-7-8-10-34(26(36)39-27(2,3)4)20-15-19-22(40-20)24(33-11-13-37-14-12-33)32-23(31-19)18-16-29-25(28-5)30-17-18/h15-17H,6-14H2,1-5H3,(H,28,29,30). The first-order chi connectivity index (χ1) is 19.2. The van der Waals surface area contributed by atoms with Crippen LogP contribution in [-0.2, 0) is 19.0 Å². The van der Waals surface area contributed by atoms with Gasteiger partial charge in [0.2, 0.25) is 5.95 Å². The van der Waals surface area contributed by atoms with E-state index in [1.165, 1.54) is 11.3 Å². The highest BCUT2D eigenvalue weighted by molar-refractivity contribution is 7.23. The van der Waals surface area contributed by atoms with Gasteiger partial charge in [-0.25, -0.2) is 24.7 Å². The molecule has 1 aliphatic rings. The lowest BCUT2D eigenvalue weighted by Gasteiger charge is -2.28. The van der Waals surface area contributed by atoms with Crippen LogP contribution in [0.4, 0.5) is 21.6 Å². The van der Waals surface area contributed by atoms with Crippen molar-refractivity contribution < 1.29 is 23.8 Å². The Kier molecular flexibility index (Phi) is 9.69. The second-order valence-corrected chi connectivity index (χ2v) is 11.2. The molecule has 0 bridgehead atoms. The van der Waals surface area contributed by atoms with Crippen LogP contribution in [0.15, 0.2) is 18.5 Å². The van der Waals surface area contributed by atoms with Crippen molar-refractivity contribution in [3.8, 4) is 11.4 Å². The van der Waals surface area contributed by atoms with Crippen molar-refractivity contribution in [3.05, 3.63) is 18.5 Å². The Bertz CT molecular complexity index is 1300. The van der Waals surface area contributed by atoms with Crippen molar-refractivity contribution in [2.75, 3.05) is 61.6 Å². The van der Waals surface area contributed by atoms with Crippen LogP contribution in [0.2, 0.25) is 0 Å². The summed E-state index contributed by atoms with van der Waals surface area (Å²) in [5, 5.41) is 3.61. The number of morpholine rings is 1. The van der Waals surface area contributed by atoms with E-state index in [0.717, 1.165) is 10.5 Å². The SMILES string of the molecule is CCOC(=O)CCCCN(C(=O)OC(C)(C)C)c1cc2nc(-c3cnc(NC)nc3)nc(N3CCOCC3)c2s1. The maximum absolute atomic E-state index is 13.3. The summed E-state index contributed by atoms with van der Waals surface area (Å²) >= 11 is 1.45. The molecule has 3 aromatic heterocycles. The molecule has 3 aromatic rings. The van der Waals surface area contributed by atoms with Gasteiger partial charge < -0.3 is 24.4 Å². The molecule has 0 aromatic carbocycles. The van der Waals surface area contributed by atoms with Crippen molar-refractivity contribution in [2.24, 2.45) is 0 Å². The van der Waals surface area contributed by atoms with E-state index in [2.05, 4.69) is 20.2 Å². The number of nitrogens with one attached hydrogen (secondary N) is 1. The average Bonchev–Trinajstić information content (AvgIpc) is 3.36. The first-order valence-electron chi connectivity index (χ1n) is 13.5. The van der Waals surface area contributed by atoms with Gasteiger partial charge in [-0.2, -0.15) is 0 Å². The zero-order valence-electron chi connectivity index (χ0n) is 23.7. The lowest BCUT2D eigenvalue weighted by atomic mass is 10.2. The van der Waals surface area contributed by atoms with E-state index in [9.17, 15) is 9.59 Å². The fraction of sp³-hybridized carbons (Fsp3) is 0.556. The fourth-order valence-corrected chi connectivity index (χ4v) is 5.24. The number of unbranched alkanes of at least 4 members (excludes halogenated alkanes) is 1. The summed E-state index contributed by atoms with van der Waals surface area (Å²) in [6, 6.07) is 1.90. The Labute approximate surface area is 238 Å². The van der Waals surface area contributed by atoms with Crippen LogP contribution in [0.25, 0.3) is 21.6 Å².